The third-order valence-electron chi connectivity index (χ3n) is 2.43. The smallest absolute Gasteiger partial charge is 0.161 e. The van der Waals surface area contributed by atoms with Gasteiger partial charge in [0.2, 0.25) is 0 Å². The first-order valence-electron chi connectivity index (χ1n) is 5.77. The van der Waals surface area contributed by atoms with Gasteiger partial charge in [-0.05, 0) is 25.8 Å². The first kappa shape index (κ1) is 12.2. The molecule has 3 heteroatoms. The van der Waals surface area contributed by atoms with Crippen molar-refractivity contribution in [1.29, 1.82) is 0 Å². The first-order valence-corrected chi connectivity index (χ1v) is 5.77. The molecule has 0 unspecified atom stereocenters. The molecule has 86 valence electrons. The highest BCUT2D eigenvalue weighted by atomic mass is 16.5. The van der Waals surface area contributed by atoms with Gasteiger partial charge in [0, 0.05) is 18.0 Å². The molecule has 3 nitrogen and oxygen atoms in total. The van der Waals surface area contributed by atoms with E-state index in [4.69, 9.17) is 4.74 Å². The van der Waals surface area contributed by atoms with Gasteiger partial charge >= 0.3 is 0 Å². The Morgan fingerprint density at radius 2 is 2.40 bits per heavy atom. The Hall–Kier alpha value is -0.830. The molecule has 0 atom stereocenters. The molecule has 0 saturated heterocycles. The number of Topliss-reactive ketones (excluding diaryl/α,β-unsaturated/α-hetero) is 1. The average molecular weight is 211 g/mol. The Balaban J connectivity index is 2.15. The molecule has 0 aromatic rings. The number of hydrogen-bond donors (Lipinski definition) is 1. The van der Waals surface area contributed by atoms with Gasteiger partial charge in [0.25, 0.3) is 0 Å². The zero-order valence-electron chi connectivity index (χ0n) is 9.71. The monoisotopic (exact) mass is 211 g/mol. The molecule has 0 radical (unpaired) electrons. The number of allylic oxidation sites excluding steroid dienone is 1. The maximum atomic E-state index is 11.7. The normalized spacial score (nSPS) is 16.1. The van der Waals surface area contributed by atoms with Crippen LogP contribution in [-0.2, 0) is 9.53 Å². The van der Waals surface area contributed by atoms with Crippen molar-refractivity contribution < 1.29 is 9.53 Å². The molecule has 0 aliphatic carbocycles. The van der Waals surface area contributed by atoms with E-state index in [-0.39, 0.29) is 5.78 Å². The minimum atomic E-state index is 0.250. The predicted octanol–water partition coefficient (Wildman–Crippen LogP) is 2.03. The van der Waals surface area contributed by atoms with E-state index < -0.39 is 0 Å². The zero-order valence-corrected chi connectivity index (χ0v) is 9.71. The van der Waals surface area contributed by atoms with Crippen LogP contribution in [0.4, 0.5) is 0 Å². The first-order chi connectivity index (χ1) is 7.20. The minimum absolute atomic E-state index is 0.250. The lowest BCUT2D eigenvalue weighted by Crippen LogP contribution is -2.24. The molecule has 1 aliphatic heterocycles. The van der Waals surface area contributed by atoms with E-state index in [2.05, 4.69) is 19.2 Å². The van der Waals surface area contributed by atoms with Gasteiger partial charge in [0.15, 0.2) is 5.78 Å². The molecule has 1 N–H and O–H groups in total. The van der Waals surface area contributed by atoms with Crippen LogP contribution in [0.25, 0.3) is 0 Å². The molecule has 0 fully saturated rings. The summed E-state index contributed by atoms with van der Waals surface area (Å²) in [7, 11) is 0. The lowest BCUT2D eigenvalue weighted by Gasteiger charge is -2.13. The summed E-state index contributed by atoms with van der Waals surface area (Å²) in [4.78, 5) is 11.7. The Labute approximate surface area is 91.9 Å². The summed E-state index contributed by atoms with van der Waals surface area (Å²) >= 11 is 0. The van der Waals surface area contributed by atoms with Gasteiger partial charge in [-0.15, -0.1) is 0 Å². The second-order valence-electron chi connectivity index (χ2n) is 4.25. The van der Waals surface area contributed by atoms with E-state index >= 15 is 0 Å². The lowest BCUT2D eigenvalue weighted by atomic mass is 10.0. The molecule has 15 heavy (non-hydrogen) atoms. The molecule has 1 rings (SSSR count). The number of rotatable bonds is 6. The summed E-state index contributed by atoms with van der Waals surface area (Å²) in [6.45, 7) is 5.89. The van der Waals surface area contributed by atoms with Crippen molar-refractivity contribution >= 4 is 5.78 Å². The van der Waals surface area contributed by atoms with Crippen LogP contribution in [0.15, 0.2) is 11.8 Å². The van der Waals surface area contributed by atoms with Crippen molar-refractivity contribution in [2.45, 2.75) is 45.6 Å². The molecule has 0 aromatic carbocycles. The second-order valence-corrected chi connectivity index (χ2v) is 4.25. The fourth-order valence-electron chi connectivity index (χ4n) is 1.57. The summed E-state index contributed by atoms with van der Waals surface area (Å²) in [5.74, 6) is 0.250. The largest absolute Gasteiger partial charge is 0.501 e. The maximum absolute atomic E-state index is 11.7. The lowest BCUT2D eigenvalue weighted by molar-refractivity contribution is -0.116. The maximum Gasteiger partial charge on any atom is 0.161 e. The van der Waals surface area contributed by atoms with Gasteiger partial charge in [0.05, 0.1) is 12.9 Å². The molecule has 0 aromatic heterocycles. The quantitative estimate of drug-likeness (QED) is 0.683. The highest BCUT2D eigenvalue weighted by Gasteiger charge is 2.12. The van der Waals surface area contributed by atoms with Crippen molar-refractivity contribution in [2.24, 2.45) is 0 Å². The van der Waals surface area contributed by atoms with Crippen LogP contribution in [0, 0.1) is 0 Å². The van der Waals surface area contributed by atoms with Gasteiger partial charge in [-0.2, -0.15) is 0 Å². The summed E-state index contributed by atoms with van der Waals surface area (Å²) in [6, 6.07) is 0.498. The van der Waals surface area contributed by atoms with Crippen LogP contribution in [0.3, 0.4) is 0 Å². The number of carbonyl (C=O) groups excluding carboxylic acids is 1. The van der Waals surface area contributed by atoms with Crippen molar-refractivity contribution in [1.82, 2.24) is 5.32 Å². The van der Waals surface area contributed by atoms with Crippen molar-refractivity contribution in [3.05, 3.63) is 11.8 Å². The van der Waals surface area contributed by atoms with Crippen LogP contribution >= 0.6 is 0 Å². The molecular formula is C12H21NO2. The van der Waals surface area contributed by atoms with Crippen LogP contribution in [0.2, 0.25) is 0 Å². The number of ketones is 1. The van der Waals surface area contributed by atoms with Gasteiger partial charge < -0.3 is 10.1 Å². The summed E-state index contributed by atoms with van der Waals surface area (Å²) in [5, 5.41) is 3.30. The van der Waals surface area contributed by atoms with Crippen molar-refractivity contribution in [3.8, 4) is 0 Å². The highest BCUT2D eigenvalue weighted by molar-refractivity contribution is 5.95. The molecule has 0 saturated carbocycles. The van der Waals surface area contributed by atoms with Crippen LogP contribution in [-0.4, -0.2) is 25.0 Å². The van der Waals surface area contributed by atoms with E-state index in [1.807, 2.05) is 0 Å². The third kappa shape index (κ3) is 4.98. The molecule has 0 amide bonds. The SMILES string of the molecule is CC(C)NCCCC(=O)C1=COCCC1. The van der Waals surface area contributed by atoms with E-state index in [1.54, 1.807) is 6.26 Å². The summed E-state index contributed by atoms with van der Waals surface area (Å²) < 4.78 is 5.15. The number of hydrogen-bond acceptors (Lipinski definition) is 3. The number of carbonyl (C=O) groups is 1. The summed E-state index contributed by atoms with van der Waals surface area (Å²) in [5.41, 5.74) is 0.866. The topological polar surface area (TPSA) is 38.3 Å². The van der Waals surface area contributed by atoms with Gasteiger partial charge in [-0.25, -0.2) is 0 Å². The molecule has 0 bridgehead atoms. The van der Waals surface area contributed by atoms with Crippen LogP contribution < -0.4 is 5.32 Å². The molecule has 1 heterocycles. The second kappa shape index (κ2) is 6.62. The van der Waals surface area contributed by atoms with E-state index in [9.17, 15) is 4.79 Å². The Morgan fingerprint density at radius 3 is 3.00 bits per heavy atom. The molecule has 0 spiro atoms. The Bertz CT molecular complexity index is 234. The van der Waals surface area contributed by atoms with Crippen LogP contribution in [0.5, 0.6) is 0 Å². The molecule has 1 aliphatic rings. The fourth-order valence-corrected chi connectivity index (χ4v) is 1.57. The van der Waals surface area contributed by atoms with Crippen molar-refractivity contribution in [2.75, 3.05) is 13.2 Å². The Morgan fingerprint density at radius 1 is 1.60 bits per heavy atom. The number of nitrogens with one attached hydrogen (secondary N) is 1. The van der Waals surface area contributed by atoms with Gasteiger partial charge in [0.1, 0.15) is 0 Å². The van der Waals surface area contributed by atoms with Crippen molar-refractivity contribution in [3.63, 3.8) is 0 Å². The third-order valence-corrected chi connectivity index (χ3v) is 2.43. The van der Waals surface area contributed by atoms with Gasteiger partial charge in [-0.1, -0.05) is 13.8 Å². The average Bonchev–Trinajstić information content (AvgIpc) is 2.25. The Kier molecular flexibility index (Phi) is 5.40. The summed E-state index contributed by atoms with van der Waals surface area (Å²) in [6.07, 6.45) is 5.04. The predicted molar refractivity (Wildman–Crippen MR) is 60.6 cm³/mol. The van der Waals surface area contributed by atoms with E-state index in [0.29, 0.717) is 12.5 Å². The van der Waals surface area contributed by atoms with Gasteiger partial charge in [-0.3, -0.25) is 4.79 Å². The van der Waals surface area contributed by atoms with Crippen LogP contribution in [0.1, 0.15) is 39.5 Å². The van der Waals surface area contributed by atoms with E-state index in [1.165, 1.54) is 0 Å². The zero-order chi connectivity index (χ0) is 11.1. The number of ether oxygens (including phenoxy) is 1. The fraction of sp³-hybridized carbons (Fsp3) is 0.750. The van der Waals surface area contributed by atoms with E-state index in [0.717, 1.165) is 38.0 Å². The molecular weight excluding hydrogens is 190 g/mol. The standard InChI is InChI=1S/C12H21NO2/c1-10(2)13-7-3-6-12(14)11-5-4-8-15-9-11/h9-10,13H,3-8H2,1-2H3. The minimum Gasteiger partial charge on any atom is -0.501 e. The highest BCUT2D eigenvalue weighted by Crippen LogP contribution is 2.14.